The van der Waals surface area contributed by atoms with Gasteiger partial charge in [0.05, 0.1) is 24.2 Å². The lowest BCUT2D eigenvalue weighted by atomic mass is 10.4. The molecule has 2 N–H and O–H groups in total. The highest BCUT2D eigenvalue weighted by Gasteiger charge is 2.18. The Bertz CT molecular complexity index is 687. The van der Waals surface area contributed by atoms with Crippen LogP contribution >= 0.6 is 0 Å². The van der Waals surface area contributed by atoms with E-state index in [-0.39, 0.29) is 18.0 Å². The summed E-state index contributed by atoms with van der Waals surface area (Å²) in [5, 5.41) is 9.07. The fourth-order valence-corrected chi connectivity index (χ4v) is 2.78. The largest absolute Gasteiger partial charge is 0.444 e. The van der Waals surface area contributed by atoms with Gasteiger partial charge in [0.15, 0.2) is 0 Å². The van der Waals surface area contributed by atoms with Crippen molar-refractivity contribution in [2.45, 2.75) is 31.4 Å². The number of aliphatic hydroxyl groups is 1. The molecule has 0 bridgehead atoms. The normalized spacial score (nSPS) is 11.9. The Kier molecular flexibility index (Phi) is 4.26. The van der Waals surface area contributed by atoms with E-state index in [1.807, 2.05) is 6.92 Å². The van der Waals surface area contributed by atoms with Crippen molar-refractivity contribution >= 4 is 10.0 Å². The van der Waals surface area contributed by atoms with E-state index in [0.717, 1.165) is 0 Å². The average molecular weight is 299 g/mol. The van der Waals surface area contributed by atoms with Crippen LogP contribution in [0.15, 0.2) is 27.8 Å². The van der Waals surface area contributed by atoms with Crippen LogP contribution in [0.5, 0.6) is 0 Å². The minimum atomic E-state index is -3.65. The average Bonchev–Trinajstić information content (AvgIpc) is 3.02. The molecule has 0 aliphatic carbocycles. The predicted octanol–water partition coefficient (Wildman–Crippen LogP) is 0.546. The van der Waals surface area contributed by atoms with Crippen LogP contribution in [0.2, 0.25) is 0 Å². The summed E-state index contributed by atoms with van der Waals surface area (Å²) in [5.41, 5.74) is 0.523. The second-order valence-corrected chi connectivity index (χ2v) is 6.10. The van der Waals surface area contributed by atoms with Crippen molar-refractivity contribution in [3.8, 4) is 0 Å². The lowest BCUT2D eigenvalue weighted by Crippen LogP contribution is -2.23. The van der Waals surface area contributed by atoms with Crippen LogP contribution in [0.25, 0.3) is 0 Å². The molecule has 0 aliphatic rings. The van der Waals surface area contributed by atoms with Gasteiger partial charge in [0.1, 0.15) is 5.76 Å². The maximum Gasteiger partial charge on any atom is 0.242 e. The predicted molar refractivity (Wildman–Crippen MR) is 71.2 cm³/mol. The van der Waals surface area contributed by atoms with Gasteiger partial charge in [-0.15, -0.1) is 0 Å². The fourth-order valence-electron chi connectivity index (χ4n) is 1.71. The standard InChI is InChI=1S/C12H17N3O4S/c1-3-10-5-13-12(19-10)6-14-20(17,18)11-4-9(8-16)15(2)7-11/h4-5,7,14,16H,3,6,8H2,1-2H3. The molecule has 0 spiro atoms. The summed E-state index contributed by atoms with van der Waals surface area (Å²) in [7, 11) is -1.98. The van der Waals surface area contributed by atoms with Crippen LogP contribution in [0, 0.1) is 0 Å². The molecule has 0 radical (unpaired) electrons. The molecule has 0 aliphatic heterocycles. The van der Waals surface area contributed by atoms with Crippen LogP contribution in [0.4, 0.5) is 0 Å². The second-order valence-electron chi connectivity index (χ2n) is 4.33. The van der Waals surface area contributed by atoms with E-state index < -0.39 is 10.0 Å². The highest BCUT2D eigenvalue weighted by molar-refractivity contribution is 7.89. The molecule has 8 heteroatoms. The Balaban J connectivity index is 2.10. The molecule has 0 aromatic carbocycles. The number of aryl methyl sites for hydroxylation is 2. The quantitative estimate of drug-likeness (QED) is 0.811. The fraction of sp³-hybridized carbons (Fsp3) is 0.417. The summed E-state index contributed by atoms with van der Waals surface area (Å²) in [4.78, 5) is 4.09. The molecule has 2 rings (SSSR count). The van der Waals surface area contributed by atoms with Crippen molar-refractivity contribution in [1.82, 2.24) is 14.3 Å². The summed E-state index contributed by atoms with van der Waals surface area (Å²) < 4.78 is 33.5. The van der Waals surface area contributed by atoms with Crippen molar-refractivity contribution in [1.29, 1.82) is 0 Å². The van der Waals surface area contributed by atoms with Crippen LogP contribution in [0.3, 0.4) is 0 Å². The number of nitrogens with one attached hydrogen (secondary N) is 1. The van der Waals surface area contributed by atoms with E-state index in [0.29, 0.717) is 23.8 Å². The first-order valence-corrected chi connectivity index (χ1v) is 7.64. The van der Waals surface area contributed by atoms with Gasteiger partial charge in [-0.3, -0.25) is 0 Å². The number of oxazole rings is 1. The Morgan fingerprint density at radius 3 is 2.80 bits per heavy atom. The molecule has 0 unspecified atom stereocenters. The molecule has 0 atom stereocenters. The zero-order valence-electron chi connectivity index (χ0n) is 11.3. The van der Waals surface area contributed by atoms with Crippen molar-refractivity contribution in [3.63, 3.8) is 0 Å². The molecule has 20 heavy (non-hydrogen) atoms. The number of hydrogen-bond donors (Lipinski definition) is 2. The van der Waals surface area contributed by atoms with E-state index in [4.69, 9.17) is 9.52 Å². The number of nitrogens with zero attached hydrogens (tertiary/aromatic N) is 2. The van der Waals surface area contributed by atoms with Gasteiger partial charge >= 0.3 is 0 Å². The summed E-state index contributed by atoms with van der Waals surface area (Å²) in [6.45, 7) is 1.70. The first-order chi connectivity index (χ1) is 9.46. The van der Waals surface area contributed by atoms with E-state index in [9.17, 15) is 8.42 Å². The van der Waals surface area contributed by atoms with Crippen LogP contribution in [-0.4, -0.2) is 23.1 Å². The zero-order chi connectivity index (χ0) is 14.8. The van der Waals surface area contributed by atoms with E-state index >= 15 is 0 Å². The molecule has 2 heterocycles. The molecule has 2 aromatic rings. The lowest BCUT2D eigenvalue weighted by molar-refractivity contribution is 0.272. The van der Waals surface area contributed by atoms with Crippen molar-refractivity contribution in [3.05, 3.63) is 35.8 Å². The van der Waals surface area contributed by atoms with Crippen LogP contribution in [0.1, 0.15) is 24.3 Å². The Hall–Kier alpha value is -1.64. The molecule has 0 fully saturated rings. The van der Waals surface area contributed by atoms with Crippen LogP contribution in [-0.2, 0) is 36.6 Å². The maximum absolute atomic E-state index is 12.1. The monoisotopic (exact) mass is 299 g/mol. The topological polar surface area (TPSA) is 97.4 Å². The number of aliphatic hydroxyl groups excluding tert-OH is 1. The van der Waals surface area contributed by atoms with Gasteiger partial charge in [0.2, 0.25) is 15.9 Å². The van der Waals surface area contributed by atoms with Gasteiger partial charge in [0, 0.05) is 25.4 Å². The molecule has 2 aromatic heterocycles. The highest BCUT2D eigenvalue weighted by Crippen LogP contribution is 2.14. The minimum absolute atomic E-state index is 0.00825. The number of sulfonamides is 1. The molecule has 7 nitrogen and oxygen atoms in total. The van der Waals surface area contributed by atoms with Gasteiger partial charge < -0.3 is 14.1 Å². The Labute approximate surface area is 117 Å². The number of rotatable bonds is 6. The van der Waals surface area contributed by atoms with E-state index in [1.54, 1.807) is 17.8 Å². The molecule has 0 amide bonds. The minimum Gasteiger partial charge on any atom is -0.444 e. The van der Waals surface area contributed by atoms with E-state index in [2.05, 4.69) is 9.71 Å². The first kappa shape index (κ1) is 14.8. The molecular weight excluding hydrogens is 282 g/mol. The number of hydrogen-bond acceptors (Lipinski definition) is 5. The molecule has 0 saturated heterocycles. The van der Waals surface area contributed by atoms with Gasteiger partial charge in [0.25, 0.3) is 0 Å². The van der Waals surface area contributed by atoms with Gasteiger partial charge in [-0.05, 0) is 6.07 Å². The van der Waals surface area contributed by atoms with Gasteiger partial charge in [-0.2, -0.15) is 0 Å². The Morgan fingerprint density at radius 1 is 1.50 bits per heavy atom. The molecule has 110 valence electrons. The van der Waals surface area contributed by atoms with Crippen molar-refractivity contribution < 1.29 is 17.9 Å². The Morgan fingerprint density at radius 2 is 2.25 bits per heavy atom. The molecule has 0 saturated carbocycles. The molecular formula is C12H17N3O4S. The summed E-state index contributed by atoms with van der Waals surface area (Å²) in [6, 6.07) is 1.43. The SMILES string of the molecule is CCc1cnc(CNS(=O)(=O)c2cc(CO)n(C)c2)o1. The van der Waals surface area contributed by atoms with Gasteiger partial charge in [-0.1, -0.05) is 6.92 Å². The third-order valence-electron chi connectivity index (χ3n) is 2.92. The summed E-state index contributed by atoms with van der Waals surface area (Å²) in [6.07, 6.45) is 3.73. The van der Waals surface area contributed by atoms with E-state index in [1.165, 1.54) is 12.3 Å². The maximum atomic E-state index is 12.1. The summed E-state index contributed by atoms with van der Waals surface area (Å²) >= 11 is 0. The third-order valence-corrected chi connectivity index (χ3v) is 4.29. The first-order valence-electron chi connectivity index (χ1n) is 6.15. The number of aromatic nitrogens is 2. The lowest BCUT2D eigenvalue weighted by Gasteiger charge is -2.01. The smallest absolute Gasteiger partial charge is 0.242 e. The van der Waals surface area contributed by atoms with Crippen LogP contribution < -0.4 is 4.72 Å². The summed E-state index contributed by atoms with van der Waals surface area (Å²) in [5.74, 6) is 1.03. The highest BCUT2D eigenvalue weighted by atomic mass is 32.2. The van der Waals surface area contributed by atoms with Crippen molar-refractivity contribution in [2.75, 3.05) is 0 Å². The van der Waals surface area contributed by atoms with Gasteiger partial charge in [-0.25, -0.2) is 18.1 Å². The second kappa shape index (κ2) is 5.78. The third kappa shape index (κ3) is 3.09. The zero-order valence-corrected chi connectivity index (χ0v) is 12.1. The van der Waals surface area contributed by atoms with Crippen molar-refractivity contribution in [2.24, 2.45) is 7.05 Å².